The molecule has 0 atom stereocenters. The number of halogens is 3. The summed E-state index contributed by atoms with van der Waals surface area (Å²) in [4.78, 5) is 11.4. The monoisotopic (exact) mass is 340 g/mol. The minimum Gasteiger partial charge on any atom is -0.459 e. The van der Waals surface area contributed by atoms with Gasteiger partial charge in [-0.15, -0.1) is 0 Å². The van der Waals surface area contributed by atoms with E-state index in [2.05, 4.69) is 0 Å². The molecule has 1 fully saturated rings. The van der Waals surface area contributed by atoms with Gasteiger partial charge < -0.3 is 4.74 Å². The Morgan fingerprint density at radius 1 is 1.30 bits per heavy atom. The second-order valence-corrected chi connectivity index (χ2v) is 7.46. The molecule has 1 aromatic rings. The zero-order chi connectivity index (χ0) is 14.9. The van der Waals surface area contributed by atoms with Crippen molar-refractivity contribution in [3.8, 4) is 0 Å². The average Bonchev–Trinajstić information content (AvgIpc) is 2.83. The molecule has 0 heterocycles. The Labute approximate surface area is 125 Å². The first-order valence-corrected chi connectivity index (χ1v) is 8.62. The van der Waals surface area contributed by atoms with E-state index in [1.54, 1.807) is 0 Å². The minimum atomic E-state index is -4.16. The highest BCUT2D eigenvalue weighted by Crippen LogP contribution is 2.28. The lowest BCUT2D eigenvalue weighted by atomic mass is 10.2. The van der Waals surface area contributed by atoms with Crippen LogP contribution < -0.4 is 0 Å². The quantitative estimate of drug-likeness (QED) is 0.624. The second kappa shape index (κ2) is 5.87. The van der Waals surface area contributed by atoms with Gasteiger partial charge in [-0.3, -0.25) is 0 Å². The van der Waals surface area contributed by atoms with Crippen molar-refractivity contribution in [1.29, 1.82) is 0 Å². The zero-order valence-electron chi connectivity index (χ0n) is 10.2. The SMILES string of the molecule is O=C(OC1CCCC1)c1cc(S(=O)(=O)Cl)cc(F)c1Cl. The summed E-state index contributed by atoms with van der Waals surface area (Å²) in [5.41, 5.74) is -0.335. The summed E-state index contributed by atoms with van der Waals surface area (Å²) in [6, 6.07) is 1.59. The van der Waals surface area contributed by atoms with Crippen molar-refractivity contribution in [2.45, 2.75) is 36.7 Å². The van der Waals surface area contributed by atoms with E-state index in [0.717, 1.165) is 31.7 Å². The van der Waals surface area contributed by atoms with Crippen molar-refractivity contribution in [2.75, 3.05) is 0 Å². The highest BCUT2D eigenvalue weighted by Gasteiger charge is 2.25. The van der Waals surface area contributed by atoms with Crippen molar-refractivity contribution >= 4 is 37.3 Å². The fourth-order valence-electron chi connectivity index (χ4n) is 2.07. The fraction of sp³-hybridized carbons (Fsp3) is 0.417. The summed E-state index contributed by atoms with van der Waals surface area (Å²) in [5.74, 6) is -1.88. The third-order valence-electron chi connectivity index (χ3n) is 3.08. The molecule has 0 unspecified atom stereocenters. The van der Waals surface area contributed by atoms with Crippen molar-refractivity contribution in [1.82, 2.24) is 0 Å². The number of rotatable bonds is 3. The van der Waals surface area contributed by atoms with Gasteiger partial charge in [-0.2, -0.15) is 0 Å². The van der Waals surface area contributed by atoms with Gasteiger partial charge in [0, 0.05) is 10.7 Å². The van der Waals surface area contributed by atoms with Crippen LogP contribution >= 0.6 is 22.3 Å². The molecule has 20 heavy (non-hydrogen) atoms. The Bertz CT molecular complexity index is 639. The molecule has 0 saturated heterocycles. The molecule has 0 radical (unpaired) electrons. The minimum absolute atomic E-state index is 0.238. The Morgan fingerprint density at radius 3 is 2.45 bits per heavy atom. The van der Waals surface area contributed by atoms with Gasteiger partial charge in [-0.05, 0) is 37.8 Å². The first-order valence-electron chi connectivity index (χ1n) is 5.93. The van der Waals surface area contributed by atoms with E-state index in [1.807, 2.05) is 0 Å². The Hall–Kier alpha value is -0.850. The van der Waals surface area contributed by atoms with Gasteiger partial charge >= 0.3 is 5.97 Å². The number of carbonyl (C=O) groups excluding carboxylic acids is 1. The molecule has 1 aliphatic rings. The molecule has 0 spiro atoms. The lowest BCUT2D eigenvalue weighted by molar-refractivity contribution is 0.0317. The number of carbonyl (C=O) groups is 1. The standard InChI is InChI=1S/C12H11Cl2FO4S/c13-11-9(12(16)19-7-3-1-2-4-7)5-8(6-10(11)15)20(14,17)18/h5-7H,1-4H2. The van der Waals surface area contributed by atoms with Crippen LogP contribution in [0.4, 0.5) is 4.39 Å². The smallest absolute Gasteiger partial charge is 0.340 e. The molecule has 0 aliphatic heterocycles. The normalized spacial score (nSPS) is 16.4. The molecule has 0 amide bonds. The molecule has 4 nitrogen and oxygen atoms in total. The second-order valence-electron chi connectivity index (χ2n) is 4.52. The number of esters is 1. The fourth-order valence-corrected chi connectivity index (χ4v) is 3.03. The molecular weight excluding hydrogens is 330 g/mol. The van der Waals surface area contributed by atoms with Crippen LogP contribution in [0.1, 0.15) is 36.0 Å². The van der Waals surface area contributed by atoms with Gasteiger partial charge in [0.05, 0.1) is 15.5 Å². The summed E-state index contributed by atoms with van der Waals surface area (Å²) in [7, 11) is 0.981. The number of hydrogen-bond acceptors (Lipinski definition) is 4. The van der Waals surface area contributed by atoms with Crippen LogP contribution in [0, 0.1) is 5.82 Å². The molecule has 1 aliphatic carbocycles. The van der Waals surface area contributed by atoms with Gasteiger partial charge in [-0.1, -0.05) is 11.6 Å². The lowest BCUT2D eigenvalue weighted by Gasteiger charge is -2.12. The Morgan fingerprint density at radius 2 is 1.90 bits per heavy atom. The van der Waals surface area contributed by atoms with Crippen LogP contribution in [0.15, 0.2) is 17.0 Å². The van der Waals surface area contributed by atoms with Gasteiger partial charge in [0.2, 0.25) is 0 Å². The van der Waals surface area contributed by atoms with Gasteiger partial charge in [-0.25, -0.2) is 17.6 Å². The van der Waals surface area contributed by atoms with Crippen LogP contribution in [0.25, 0.3) is 0 Å². The molecular formula is C12H11Cl2FO4S. The van der Waals surface area contributed by atoms with Gasteiger partial charge in [0.1, 0.15) is 11.9 Å². The molecule has 0 N–H and O–H groups in total. The highest BCUT2D eigenvalue weighted by atomic mass is 35.7. The van der Waals surface area contributed by atoms with E-state index in [9.17, 15) is 17.6 Å². The van der Waals surface area contributed by atoms with E-state index >= 15 is 0 Å². The molecule has 1 saturated carbocycles. The van der Waals surface area contributed by atoms with Crippen molar-refractivity contribution in [2.24, 2.45) is 0 Å². The third-order valence-corrected chi connectivity index (χ3v) is 4.80. The van der Waals surface area contributed by atoms with Crippen molar-refractivity contribution in [3.63, 3.8) is 0 Å². The first-order chi connectivity index (χ1) is 9.29. The van der Waals surface area contributed by atoms with Crippen LogP contribution in [0.5, 0.6) is 0 Å². The summed E-state index contributed by atoms with van der Waals surface area (Å²) in [5, 5.41) is -0.475. The van der Waals surface area contributed by atoms with Crippen LogP contribution in [0.3, 0.4) is 0 Å². The predicted molar refractivity (Wildman–Crippen MR) is 72.1 cm³/mol. The summed E-state index contributed by atoms with van der Waals surface area (Å²) in [6.07, 6.45) is 3.14. The molecule has 8 heteroatoms. The zero-order valence-corrected chi connectivity index (χ0v) is 12.6. The largest absolute Gasteiger partial charge is 0.459 e. The molecule has 0 aromatic heterocycles. The topological polar surface area (TPSA) is 60.4 Å². The number of hydrogen-bond donors (Lipinski definition) is 0. The van der Waals surface area contributed by atoms with Crippen molar-refractivity contribution in [3.05, 3.63) is 28.5 Å². The summed E-state index contributed by atoms with van der Waals surface area (Å²) >= 11 is 5.68. The van der Waals surface area contributed by atoms with Crippen LogP contribution in [-0.2, 0) is 13.8 Å². The van der Waals surface area contributed by atoms with Crippen LogP contribution in [-0.4, -0.2) is 20.5 Å². The molecule has 2 rings (SSSR count). The Balaban J connectivity index is 2.34. The van der Waals surface area contributed by atoms with E-state index in [1.165, 1.54) is 0 Å². The van der Waals surface area contributed by atoms with E-state index in [0.29, 0.717) is 6.07 Å². The van der Waals surface area contributed by atoms with Crippen LogP contribution in [0.2, 0.25) is 5.02 Å². The Kier molecular flexibility index (Phi) is 4.56. The highest BCUT2D eigenvalue weighted by molar-refractivity contribution is 8.13. The average molecular weight is 341 g/mol. The maximum Gasteiger partial charge on any atom is 0.340 e. The summed E-state index contributed by atoms with van der Waals surface area (Å²) < 4.78 is 41.2. The first kappa shape index (κ1) is 15.5. The maximum absolute atomic E-state index is 13.6. The third kappa shape index (κ3) is 3.42. The van der Waals surface area contributed by atoms with E-state index < -0.39 is 30.8 Å². The molecule has 1 aromatic carbocycles. The lowest BCUT2D eigenvalue weighted by Crippen LogP contribution is -2.16. The van der Waals surface area contributed by atoms with Gasteiger partial charge in [0.25, 0.3) is 9.05 Å². The number of benzene rings is 1. The van der Waals surface area contributed by atoms with Crippen molar-refractivity contribution < 1.29 is 22.3 Å². The maximum atomic E-state index is 13.6. The van der Waals surface area contributed by atoms with Gasteiger partial charge in [0.15, 0.2) is 0 Å². The predicted octanol–water partition coefficient (Wildman–Crippen LogP) is 3.51. The summed E-state index contributed by atoms with van der Waals surface area (Å²) in [6.45, 7) is 0. The molecule has 0 bridgehead atoms. The van der Waals surface area contributed by atoms with E-state index in [-0.39, 0.29) is 11.7 Å². The van der Waals surface area contributed by atoms with E-state index in [4.69, 9.17) is 27.0 Å². The molecule has 110 valence electrons. The number of ether oxygens (including phenoxy) is 1.